The van der Waals surface area contributed by atoms with Crippen LogP contribution in [0.4, 0.5) is 0 Å². The first-order valence-electron chi connectivity index (χ1n) is 4.57. The quantitative estimate of drug-likeness (QED) is 0.502. The maximum Gasteiger partial charge on any atom is 0.303 e. The Morgan fingerprint density at radius 2 is 2.07 bits per heavy atom. The van der Waals surface area contributed by atoms with Crippen LogP contribution in [-0.4, -0.2) is 24.6 Å². The number of allylic oxidation sites excluding steroid dienone is 1. The van der Waals surface area contributed by atoms with Gasteiger partial charge in [0.15, 0.2) is 0 Å². The molecule has 0 unspecified atom stereocenters. The molecule has 1 aliphatic carbocycles. The van der Waals surface area contributed by atoms with Crippen LogP contribution < -0.4 is 0 Å². The van der Waals surface area contributed by atoms with Gasteiger partial charge in [-0.1, -0.05) is 6.08 Å². The van der Waals surface area contributed by atoms with Gasteiger partial charge in [0.2, 0.25) is 0 Å². The molecular weight excluding hydrogens is 184 g/mol. The summed E-state index contributed by atoms with van der Waals surface area (Å²) in [7, 11) is 0. The fourth-order valence-corrected chi connectivity index (χ4v) is 1.39. The molecule has 0 heterocycles. The highest BCUT2D eigenvalue weighted by molar-refractivity contribution is 5.66. The molecule has 1 rings (SSSR count). The lowest BCUT2D eigenvalue weighted by Gasteiger charge is -2.18. The normalized spacial score (nSPS) is 24.7. The molecule has 1 aliphatic rings. The van der Waals surface area contributed by atoms with Gasteiger partial charge in [-0.05, 0) is 12.5 Å². The second kappa shape index (κ2) is 4.79. The van der Waals surface area contributed by atoms with Crippen molar-refractivity contribution in [2.45, 2.75) is 26.4 Å². The molecule has 0 spiro atoms. The van der Waals surface area contributed by atoms with Crippen molar-refractivity contribution in [2.24, 2.45) is 5.92 Å². The van der Waals surface area contributed by atoms with Crippen molar-refractivity contribution >= 4 is 11.9 Å². The molecule has 0 saturated carbocycles. The molecule has 14 heavy (non-hydrogen) atoms. The van der Waals surface area contributed by atoms with Gasteiger partial charge < -0.3 is 9.47 Å². The molecule has 78 valence electrons. The van der Waals surface area contributed by atoms with Crippen molar-refractivity contribution < 1.29 is 19.1 Å². The average molecular weight is 198 g/mol. The van der Waals surface area contributed by atoms with E-state index in [9.17, 15) is 9.59 Å². The first-order chi connectivity index (χ1) is 6.59. The van der Waals surface area contributed by atoms with Crippen LogP contribution in [0.2, 0.25) is 0 Å². The summed E-state index contributed by atoms with van der Waals surface area (Å²) in [6.07, 6.45) is 4.30. The summed E-state index contributed by atoms with van der Waals surface area (Å²) in [4.78, 5) is 21.3. The van der Waals surface area contributed by atoms with Gasteiger partial charge in [0, 0.05) is 19.8 Å². The van der Waals surface area contributed by atoms with Gasteiger partial charge >= 0.3 is 11.9 Å². The summed E-state index contributed by atoms with van der Waals surface area (Å²) >= 11 is 0. The molecule has 0 radical (unpaired) electrons. The van der Waals surface area contributed by atoms with Crippen molar-refractivity contribution in [3.05, 3.63) is 12.2 Å². The lowest BCUT2D eigenvalue weighted by atomic mass is 10.1. The van der Waals surface area contributed by atoms with Crippen LogP contribution in [0.5, 0.6) is 0 Å². The third-order valence-corrected chi connectivity index (χ3v) is 2.03. The Labute approximate surface area is 82.9 Å². The fourth-order valence-electron chi connectivity index (χ4n) is 1.39. The molecule has 0 fully saturated rings. The monoisotopic (exact) mass is 198 g/mol. The Hall–Kier alpha value is -1.32. The second-order valence-corrected chi connectivity index (χ2v) is 3.30. The minimum Gasteiger partial charge on any atom is -0.465 e. The average Bonchev–Trinajstić information content (AvgIpc) is 2.47. The maximum absolute atomic E-state index is 10.7. The standard InChI is InChI=1S/C10H14O4/c1-7(11)13-6-9-4-3-5-10(9)14-8(2)12/h3,5,9-10H,4,6H2,1-2H3/t9-,10-/m1/s1. The molecule has 0 aromatic heterocycles. The van der Waals surface area contributed by atoms with Gasteiger partial charge in [0.25, 0.3) is 0 Å². The maximum atomic E-state index is 10.7. The number of hydrogen-bond acceptors (Lipinski definition) is 4. The first-order valence-corrected chi connectivity index (χ1v) is 4.57. The van der Waals surface area contributed by atoms with Crippen molar-refractivity contribution in [2.75, 3.05) is 6.61 Å². The van der Waals surface area contributed by atoms with Gasteiger partial charge in [-0.25, -0.2) is 0 Å². The summed E-state index contributed by atoms with van der Waals surface area (Å²) in [5.74, 6) is -0.546. The number of ether oxygens (including phenoxy) is 2. The number of hydrogen-bond donors (Lipinski definition) is 0. The number of esters is 2. The Bertz CT molecular complexity index is 257. The van der Waals surface area contributed by atoms with E-state index < -0.39 is 0 Å². The van der Waals surface area contributed by atoms with Crippen LogP contribution in [-0.2, 0) is 19.1 Å². The molecule has 0 aromatic rings. The van der Waals surface area contributed by atoms with Gasteiger partial charge in [-0.2, -0.15) is 0 Å². The highest BCUT2D eigenvalue weighted by Crippen LogP contribution is 2.22. The molecule has 0 bridgehead atoms. The van der Waals surface area contributed by atoms with Gasteiger partial charge in [-0.15, -0.1) is 0 Å². The zero-order valence-electron chi connectivity index (χ0n) is 8.36. The highest BCUT2D eigenvalue weighted by atomic mass is 16.6. The van der Waals surface area contributed by atoms with Gasteiger partial charge in [0.05, 0.1) is 6.61 Å². The third-order valence-electron chi connectivity index (χ3n) is 2.03. The Morgan fingerprint density at radius 1 is 1.36 bits per heavy atom. The highest BCUT2D eigenvalue weighted by Gasteiger charge is 2.26. The number of carbonyl (C=O) groups is 2. The van der Waals surface area contributed by atoms with Crippen LogP contribution in [0.1, 0.15) is 20.3 Å². The molecule has 2 atom stereocenters. The topological polar surface area (TPSA) is 52.6 Å². The largest absolute Gasteiger partial charge is 0.465 e. The van der Waals surface area contributed by atoms with Crippen LogP contribution in [0.25, 0.3) is 0 Å². The van der Waals surface area contributed by atoms with E-state index in [4.69, 9.17) is 9.47 Å². The molecule has 0 amide bonds. The van der Waals surface area contributed by atoms with Crippen molar-refractivity contribution in [3.63, 3.8) is 0 Å². The van der Waals surface area contributed by atoms with E-state index in [0.29, 0.717) is 6.61 Å². The molecule has 0 N–H and O–H groups in total. The fraction of sp³-hybridized carbons (Fsp3) is 0.600. The zero-order valence-corrected chi connectivity index (χ0v) is 8.36. The zero-order chi connectivity index (χ0) is 10.6. The summed E-state index contributed by atoms with van der Waals surface area (Å²) in [6, 6.07) is 0. The van der Waals surface area contributed by atoms with Crippen molar-refractivity contribution in [3.8, 4) is 0 Å². The van der Waals surface area contributed by atoms with E-state index in [-0.39, 0.29) is 24.0 Å². The molecule has 4 heteroatoms. The van der Waals surface area contributed by atoms with Crippen molar-refractivity contribution in [1.29, 1.82) is 0 Å². The summed E-state index contributed by atoms with van der Waals surface area (Å²) in [5.41, 5.74) is 0. The van der Waals surface area contributed by atoms with Crippen LogP contribution >= 0.6 is 0 Å². The predicted molar refractivity (Wildman–Crippen MR) is 49.4 cm³/mol. The van der Waals surface area contributed by atoms with E-state index in [2.05, 4.69) is 0 Å². The van der Waals surface area contributed by atoms with E-state index >= 15 is 0 Å². The molecule has 0 aliphatic heterocycles. The van der Waals surface area contributed by atoms with Crippen LogP contribution in [0.15, 0.2) is 12.2 Å². The van der Waals surface area contributed by atoms with Crippen LogP contribution in [0, 0.1) is 5.92 Å². The van der Waals surface area contributed by atoms with E-state index in [1.807, 2.05) is 12.2 Å². The van der Waals surface area contributed by atoms with Crippen molar-refractivity contribution in [1.82, 2.24) is 0 Å². The predicted octanol–water partition coefficient (Wildman–Crippen LogP) is 1.06. The number of carbonyl (C=O) groups excluding carboxylic acids is 2. The van der Waals surface area contributed by atoms with E-state index in [1.54, 1.807) is 0 Å². The lowest BCUT2D eigenvalue weighted by molar-refractivity contribution is -0.149. The summed E-state index contributed by atoms with van der Waals surface area (Å²) < 4.78 is 9.91. The number of rotatable bonds is 3. The third kappa shape index (κ3) is 3.20. The minimum atomic E-state index is -0.311. The lowest BCUT2D eigenvalue weighted by Crippen LogP contribution is -2.25. The molecule has 0 saturated heterocycles. The smallest absolute Gasteiger partial charge is 0.303 e. The second-order valence-electron chi connectivity index (χ2n) is 3.30. The Balaban J connectivity index is 2.37. The van der Waals surface area contributed by atoms with Gasteiger partial charge in [0.1, 0.15) is 6.10 Å². The van der Waals surface area contributed by atoms with Crippen LogP contribution in [0.3, 0.4) is 0 Å². The Kier molecular flexibility index (Phi) is 3.68. The van der Waals surface area contributed by atoms with E-state index in [1.165, 1.54) is 13.8 Å². The summed E-state index contributed by atoms with van der Waals surface area (Å²) in [6.45, 7) is 3.04. The van der Waals surface area contributed by atoms with E-state index in [0.717, 1.165) is 6.42 Å². The van der Waals surface area contributed by atoms with Gasteiger partial charge in [-0.3, -0.25) is 9.59 Å². The molecular formula is C10H14O4. The Morgan fingerprint density at radius 3 is 2.64 bits per heavy atom. The molecule has 0 aromatic carbocycles. The molecule has 4 nitrogen and oxygen atoms in total. The SMILES string of the molecule is CC(=O)OC[C@H]1CC=C[C@H]1OC(C)=O. The first kappa shape index (κ1) is 10.8. The minimum absolute atomic E-state index is 0.0720. The summed E-state index contributed by atoms with van der Waals surface area (Å²) in [5, 5.41) is 0.